The predicted molar refractivity (Wildman–Crippen MR) is 57.3 cm³/mol. The molecule has 0 aromatic carbocycles. The number of rotatable bonds is 4. The largest absolute Gasteiger partial charge is 0.477 e. The second-order valence-electron chi connectivity index (χ2n) is 3.38. The van der Waals surface area contributed by atoms with Gasteiger partial charge in [-0.25, -0.2) is 14.8 Å². The van der Waals surface area contributed by atoms with E-state index in [0.29, 0.717) is 11.6 Å². The van der Waals surface area contributed by atoms with Crippen LogP contribution >= 0.6 is 0 Å². The van der Waals surface area contributed by atoms with Gasteiger partial charge >= 0.3 is 5.97 Å². The van der Waals surface area contributed by atoms with Crippen LogP contribution in [0.15, 0.2) is 6.20 Å². The Bertz CT molecular complexity index is 366. The summed E-state index contributed by atoms with van der Waals surface area (Å²) in [7, 11) is 1.83. The van der Waals surface area contributed by atoms with Crippen LogP contribution in [0.5, 0.6) is 0 Å². The quantitative estimate of drug-likeness (QED) is 0.810. The van der Waals surface area contributed by atoms with Crippen molar-refractivity contribution in [3.8, 4) is 0 Å². The Morgan fingerprint density at radius 1 is 1.60 bits per heavy atom. The van der Waals surface area contributed by atoms with Gasteiger partial charge in [0.05, 0.1) is 0 Å². The van der Waals surface area contributed by atoms with E-state index >= 15 is 0 Å². The zero-order valence-corrected chi connectivity index (χ0v) is 9.19. The van der Waals surface area contributed by atoms with Crippen LogP contribution < -0.4 is 4.90 Å². The van der Waals surface area contributed by atoms with Gasteiger partial charge in [0.1, 0.15) is 17.2 Å². The first kappa shape index (κ1) is 11.4. The number of carboxylic acids is 1. The molecule has 0 amide bonds. The normalized spacial score (nSPS) is 10.1. The molecule has 0 bridgehead atoms. The van der Waals surface area contributed by atoms with E-state index in [-0.39, 0.29) is 5.56 Å². The van der Waals surface area contributed by atoms with Gasteiger partial charge < -0.3 is 10.0 Å². The van der Waals surface area contributed by atoms with E-state index in [2.05, 4.69) is 9.97 Å². The van der Waals surface area contributed by atoms with Gasteiger partial charge in [-0.05, 0) is 13.3 Å². The molecule has 1 aromatic heterocycles. The van der Waals surface area contributed by atoms with Crippen LogP contribution in [-0.2, 0) is 0 Å². The molecule has 15 heavy (non-hydrogen) atoms. The van der Waals surface area contributed by atoms with E-state index in [1.54, 1.807) is 6.92 Å². The van der Waals surface area contributed by atoms with Crippen LogP contribution in [-0.4, -0.2) is 34.6 Å². The number of nitrogens with zero attached hydrogens (tertiary/aromatic N) is 3. The number of carbonyl (C=O) groups is 1. The Morgan fingerprint density at radius 3 is 2.80 bits per heavy atom. The highest BCUT2D eigenvalue weighted by molar-refractivity contribution is 5.92. The number of aromatic nitrogens is 2. The fraction of sp³-hybridized carbons (Fsp3) is 0.500. The smallest absolute Gasteiger partial charge is 0.341 e. The standard InChI is InChI=1S/C10H15N3O2/c1-4-5-13(3)9-8(10(14)15)6-11-7(2)12-9/h6H,4-5H2,1-3H3,(H,14,15). The Morgan fingerprint density at radius 2 is 2.27 bits per heavy atom. The third kappa shape index (κ3) is 2.65. The van der Waals surface area contributed by atoms with Crippen molar-refractivity contribution in [2.75, 3.05) is 18.5 Å². The summed E-state index contributed by atoms with van der Waals surface area (Å²) in [5.41, 5.74) is 0.150. The van der Waals surface area contributed by atoms with E-state index in [1.165, 1.54) is 6.20 Å². The summed E-state index contributed by atoms with van der Waals surface area (Å²) in [5, 5.41) is 8.97. The van der Waals surface area contributed by atoms with Crippen molar-refractivity contribution in [2.24, 2.45) is 0 Å². The average molecular weight is 209 g/mol. The van der Waals surface area contributed by atoms with Crippen molar-refractivity contribution in [1.29, 1.82) is 0 Å². The maximum absolute atomic E-state index is 10.9. The molecule has 0 fully saturated rings. The molecule has 5 heteroatoms. The van der Waals surface area contributed by atoms with Crippen molar-refractivity contribution in [2.45, 2.75) is 20.3 Å². The number of anilines is 1. The zero-order valence-electron chi connectivity index (χ0n) is 9.19. The SMILES string of the molecule is CCCN(C)c1nc(C)ncc1C(=O)O. The highest BCUT2D eigenvalue weighted by atomic mass is 16.4. The van der Waals surface area contributed by atoms with Gasteiger partial charge in [0.15, 0.2) is 0 Å². The highest BCUT2D eigenvalue weighted by Gasteiger charge is 2.15. The third-order valence-corrected chi connectivity index (χ3v) is 2.04. The van der Waals surface area contributed by atoms with Gasteiger partial charge in [-0.15, -0.1) is 0 Å². The van der Waals surface area contributed by atoms with Crippen molar-refractivity contribution in [3.05, 3.63) is 17.6 Å². The summed E-state index contributed by atoms with van der Waals surface area (Å²) in [6.45, 7) is 4.55. The molecule has 82 valence electrons. The highest BCUT2D eigenvalue weighted by Crippen LogP contribution is 2.15. The van der Waals surface area contributed by atoms with E-state index in [4.69, 9.17) is 5.11 Å². The lowest BCUT2D eigenvalue weighted by Crippen LogP contribution is -2.22. The van der Waals surface area contributed by atoms with E-state index < -0.39 is 5.97 Å². The van der Waals surface area contributed by atoms with Crippen molar-refractivity contribution >= 4 is 11.8 Å². The fourth-order valence-corrected chi connectivity index (χ4v) is 1.34. The monoisotopic (exact) mass is 209 g/mol. The van der Waals surface area contributed by atoms with Crippen LogP contribution in [0, 0.1) is 6.92 Å². The van der Waals surface area contributed by atoms with Crippen molar-refractivity contribution in [1.82, 2.24) is 9.97 Å². The first-order chi connectivity index (χ1) is 7.06. The minimum atomic E-state index is -0.993. The molecule has 0 saturated carbocycles. The minimum Gasteiger partial charge on any atom is -0.477 e. The Labute approximate surface area is 88.8 Å². The molecule has 0 atom stereocenters. The number of carboxylic acid groups (broad SMARTS) is 1. The number of hydrogen-bond donors (Lipinski definition) is 1. The maximum Gasteiger partial charge on any atom is 0.341 e. The van der Waals surface area contributed by atoms with E-state index in [0.717, 1.165) is 13.0 Å². The van der Waals surface area contributed by atoms with Crippen molar-refractivity contribution < 1.29 is 9.90 Å². The molecule has 1 heterocycles. The molecule has 0 saturated heterocycles. The van der Waals surface area contributed by atoms with Gasteiger partial charge in [0.2, 0.25) is 0 Å². The molecule has 5 nitrogen and oxygen atoms in total. The van der Waals surface area contributed by atoms with Crippen molar-refractivity contribution in [3.63, 3.8) is 0 Å². The number of hydrogen-bond acceptors (Lipinski definition) is 4. The molecular weight excluding hydrogens is 194 g/mol. The first-order valence-electron chi connectivity index (χ1n) is 4.84. The first-order valence-corrected chi connectivity index (χ1v) is 4.84. The molecule has 0 aliphatic carbocycles. The van der Waals surface area contributed by atoms with Gasteiger partial charge in [0, 0.05) is 19.8 Å². The number of aromatic carboxylic acids is 1. The van der Waals surface area contributed by atoms with Gasteiger partial charge in [-0.2, -0.15) is 0 Å². The summed E-state index contributed by atoms with van der Waals surface area (Å²) in [5.74, 6) is 0.0720. The van der Waals surface area contributed by atoms with Gasteiger partial charge in [-0.1, -0.05) is 6.92 Å². The lowest BCUT2D eigenvalue weighted by molar-refractivity contribution is 0.0696. The Balaban J connectivity index is 3.12. The maximum atomic E-state index is 10.9. The third-order valence-electron chi connectivity index (χ3n) is 2.04. The summed E-state index contributed by atoms with van der Waals surface area (Å²) in [4.78, 5) is 20.8. The Kier molecular flexibility index (Phi) is 3.60. The summed E-state index contributed by atoms with van der Waals surface area (Å²) in [6, 6.07) is 0. The Hall–Kier alpha value is -1.65. The van der Waals surface area contributed by atoms with E-state index in [9.17, 15) is 4.79 Å². The van der Waals surface area contributed by atoms with Crippen LogP contribution in [0.2, 0.25) is 0 Å². The van der Waals surface area contributed by atoms with Crippen LogP contribution in [0.1, 0.15) is 29.5 Å². The summed E-state index contributed by atoms with van der Waals surface area (Å²) >= 11 is 0. The van der Waals surface area contributed by atoms with Crippen LogP contribution in [0.3, 0.4) is 0 Å². The molecule has 1 aromatic rings. The average Bonchev–Trinajstić information content (AvgIpc) is 2.17. The molecule has 1 rings (SSSR count). The van der Waals surface area contributed by atoms with Crippen LogP contribution in [0.4, 0.5) is 5.82 Å². The molecule has 0 radical (unpaired) electrons. The lowest BCUT2D eigenvalue weighted by atomic mass is 10.3. The molecule has 0 unspecified atom stereocenters. The van der Waals surface area contributed by atoms with Crippen LogP contribution in [0.25, 0.3) is 0 Å². The number of aryl methyl sites for hydroxylation is 1. The fourth-order valence-electron chi connectivity index (χ4n) is 1.34. The predicted octanol–water partition coefficient (Wildman–Crippen LogP) is 1.33. The minimum absolute atomic E-state index is 0.150. The van der Waals surface area contributed by atoms with E-state index in [1.807, 2.05) is 18.9 Å². The topological polar surface area (TPSA) is 66.3 Å². The van der Waals surface area contributed by atoms with Gasteiger partial charge in [-0.3, -0.25) is 0 Å². The summed E-state index contributed by atoms with van der Waals surface area (Å²) < 4.78 is 0. The second-order valence-corrected chi connectivity index (χ2v) is 3.38. The van der Waals surface area contributed by atoms with Gasteiger partial charge in [0.25, 0.3) is 0 Å². The second kappa shape index (κ2) is 4.72. The molecular formula is C10H15N3O2. The molecule has 0 aliphatic heterocycles. The lowest BCUT2D eigenvalue weighted by Gasteiger charge is -2.18. The molecule has 1 N–H and O–H groups in total. The molecule has 0 spiro atoms. The molecule has 0 aliphatic rings. The zero-order chi connectivity index (χ0) is 11.4. The summed E-state index contributed by atoms with van der Waals surface area (Å²) in [6.07, 6.45) is 2.30.